The Morgan fingerprint density at radius 2 is 2.25 bits per heavy atom. The quantitative estimate of drug-likeness (QED) is 0.821. The van der Waals surface area contributed by atoms with Crippen molar-refractivity contribution in [2.45, 2.75) is 13.5 Å². The van der Waals surface area contributed by atoms with Crippen LogP contribution in [0.5, 0.6) is 0 Å². The molecule has 0 aliphatic carbocycles. The SMILES string of the molecule is CCN(CCO)Cc1cccc(C#N)c1F. The Kier molecular flexibility index (Phi) is 4.90. The van der Waals surface area contributed by atoms with Crippen molar-refractivity contribution in [2.75, 3.05) is 19.7 Å². The first kappa shape index (κ1) is 12.6. The van der Waals surface area contributed by atoms with Gasteiger partial charge in [0.2, 0.25) is 0 Å². The molecule has 0 heterocycles. The average molecular weight is 222 g/mol. The molecule has 0 fully saturated rings. The van der Waals surface area contributed by atoms with Gasteiger partial charge < -0.3 is 5.11 Å². The first-order chi connectivity index (χ1) is 7.72. The molecule has 0 unspecified atom stereocenters. The molecule has 0 atom stereocenters. The van der Waals surface area contributed by atoms with Crippen molar-refractivity contribution < 1.29 is 9.50 Å². The number of likely N-dealkylation sites (N-methyl/N-ethyl adjacent to an activating group) is 1. The summed E-state index contributed by atoms with van der Waals surface area (Å²) in [6.45, 7) is 3.65. The molecule has 0 bridgehead atoms. The first-order valence-corrected chi connectivity index (χ1v) is 5.23. The van der Waals surface area contributed by atoms with Gasteiger partial charge in [0.25, 0.3) is 0 Å². The Morgan fingerprint density at radius 1 is 1.50 bits per heavy atom. The molecule has 0 aliphatic rings. The lowest BCUT2D eigenvalue weighted by molar-refractivity contribution is 0.195. The standard InChI is InChI=1S/C12H15FN2O/c1-2-15(6-7-16)9-11-5-3-4-10(8-14)12(11)13/h3-5,16H,2,6-7,9H2,1H3. The fourth-order valence-electron chi connectivity index (χ4n) is 1.52. The van der Waals surface area contributed by atoms with Crippen LogP contribution in [0.1, 0.15) is 18.1 Å². The van der Waals surface area contributed by atoms with E-state index >= 15 is 0 Å². The maximum Gasteiger partial charge on any atom is 0.145 e. The number of hydrogen-bond acceptors (Lipinski definition) is 3. The Morgan fingerprint density at radius 3 is 2.81 bits per heavy atom. The van der Waals surface area contributed by atoms with E-state index in [1.165, 1.54) is 6.07 Å². The predicted molar refractivity (Wildman–Crippen MR) is 59.2 cm³/mol. The van der Waals surface area contributed by atoms with E-state index in [9.17, 15) is 4.39 Å². The van der Waals surface area contributed by atoms with Crippen LogP contribution in [-0.2, 0) is 6.54 Å². The summed E-state index contributed by atoms with van der Waals surface area (Å²) in [6, 6.07) is 6.61. The van der Waals surface area contributed by atoms with Gasteiger partial charge in [-0.15, -0.1) is 0 Å². The minimum atomic E-state index is -0.457. The van der Waals surface area contributed by atoms with Crippen LogP contribution in [-0.4, -0.2) is 29.7 Å². The molecule has 1 N–H and O–H groups in total. The number of aliphatic hydroxyl groups excluding tert-OH is 1. The van der Waals surface area contributed by atoms with Gasteiger partial charge in [-0.05, 0) is 12.6 Å². The number of aliphatic hydroxyl groups is 1. The highest BCUT2D eigenvalue weighted by atomic mass is 19.1. The van der Waals surface area contributed by atoms with Gasteiger partial charge in [0, 0.05) is 18.7 Å². The van der Waals surface area contributed by atoms with E-state index < -0.39 is 5.82 Å². The molecule has 0 spiro atoms. The second-order valence-electron chi connectivity index (χ2n) is 3.48. The summed E-state index contributed by atoms with van der Waals surface area (Å²) < 4.78 is 13.7. The van der Waals surface area contributed by atoms with Gasteiger partial charge in [-0.25, -0.2) is 4.39 Å². The summed E-state index contributed by atoms with van der Waals surface area (Å²) in [4.78, 5) is 1.92. The molecule has 1 aromatic carbocycles. The number of nitrogens with zero attached hydrogens (tertiary/aromatic N) is 2. The molecular weight excluding hydrogens is 207 g/mol. The van der Waals surface area contributed by atoms with E-state index in [0.29, 0.717) is 18.7 Å². The fraction of sp³-hybridized carbons (Fsp3) is 0.417. The third-order valence-corrected chi connectivity index (χ3v) is 2.46. The highest BCUT2D eigenvalue weighted by Gasteiger charge is 2.10. The van der Waals surface area contributed by atoms with Gasteiger partial charge in [0.05, 0.1) is 12.2 Å². The van der Waals surface area contributed by atoms with Crippen LogP contribution < -0.4 is 0 Å². The maximum absolute atomic E-state index is 13.7. The van der Waals surface area contributed by atoms with Gasteiger partial charge in [-0.2, -0.15) is 5.26 Å². The summed E-state index contributed by atoms with van der Waals surface area (Å²) in [5.74, 6) is -0.457. The lowest BCUT2D eigenvalue weighted by Crippen LogP contribution is -2.26. The highest BCUT2D eigenvalue weighted by Crippen LogP contribution is 2.14. The topological polar surface area (TPSA) is 47.3 Å². The highest BCUT2D eigenvalue weighted by molar-refractivity contribution is 5.34. The third kappa shape index (κ3) is 3.02. The molecule has 86 valence electrons. The summed E-state index contributed by atoms with van der Waals surface area (Å²) in [6.07, 6.45) is 0. The van der Waals surface area contributed by atoms with Crippen LogP contribution in [0.3, 0.4) is 0 Å². The summed E-state index contributed by atoms with van der Waals surface area (Å²) in [5, 5.41) is 17.5. The van der Waals surface area contributed by atoms with E-state index in [1.54, 1.807) is 12.1 Å². The zero-order valence-corrected chi connectivity index (χ0v) is 9.28. The molecule has 0 radical (unpaired) electrons. The Labute approximate surface area is 94.7 Å². The zero-order valence-electron chi connectivity index (χ0n) is 9.28. The van der Waals surface area contributed by atoms with Crippen LogP contribution in [0.15, 0.2) is 18.2 Å². The summed E-state index contributed by atoms with van der Waals surface area (Å²) in [7, 11) is 0. The zero-order chi connectivity index (χ0) is 12.0. The molecule has 0 amide bonds. The van der Waals surface area contributed by atoms with Gasteiger partial charge in [-0.1, -0.05) is 19.1 Å². The van der Waals surface area contributed by atoms with Crippen LogP contribution in [0.4, 0.5) is 4.39 Å². The lowest BCUT2D eigenvalue weighted by atomic mass is 10.1. The summed E-state index contributed by atoms with van der Waals surface area (Å²) >= 11 is 0. The van der Waals surface area contributed by atoms with Crippen molar-refractivity contribution in [3.63, 3.8) is 0 Å². The predicted octanol–water partition coefficient (Wildman–Crippen LogP) is 1.51. The molecule has 16 heavy (non-hydrogen) atoms. The number of hydrogen-bond donors (Lipinski definition) is 1. The normalized spacial score (nSPS) is 10.4. The van der Waals surface area contributed by atoms with Crippen LogP contribution in [0, 0.1) is 17.1 Å². The minimum Gasteiger partial charge on any atom is -0.395 e. The van der Waals surface area contributed by atoms with Crippen molar-refractivity contribution >= 4 is 0 Å². The van der Waals surface area contributed by atoms with Crippen LogP contribution in [0.2, 0.25) is 0 Å². The van der Waals surface area contributed by atoms with E-state index in [0.717, 1.165) is 6.54 Å². The summed E-state index contributed by atoms with van der Waals surface area (Å²) in [5.41, 5.74) is 0.562. The second-order valence-corrected chi connectivity index (χ2v) is 3.48. The maximum atomic E-state index is 13.7. The molecule has 0 saturated carbocycles. The molecule has 3 nitrogen and oxygen atoms in total. The molecular formula is C12H15FN2O. The molecule has 0 saturated heterocycles. The first-order valence-electron chi connectivity index (χ1n) is 5.23. The number of benzene rings is 1. The second kappa shape index (κ2) is 6.21. The smallest absolute Gasteiger partial charge is 0.145 e. The molecule has 1 aromatic rings. The van der Waals surface area contributed by atoms with E-state index in [4.69, 9.17) is 10.4 Å². The third-order valence-electron chi connectivity index (χ3n) is 2.46. The minimum absolute atomic E-state index is 0.0490. The van der Waals surface area contributed by atoms with Gasteiger partial charge in [0.1, 0.15) is 11.9 Å². The largest absolute Gasteiger partial charge is 0.395 e. The Hall–Kier alpha value is -1.44. The van der Waals surface area contributed by atoms with Gasteiger partial charge in [-0.3, -0.25) is 4.90 Å². The van der Waals surface area contributed by atoms with Gasteiger partial charge >= 0.3 is 0 Å². The Bertz CT molecular complexity index is 387. The number of nitriles is 1. The van der Waals surface area contributed by atoms with Crippen LogP contribution >= 0.6 is 0 Å². The monoisotopic (exact) mass is 222 g/mol. The van der Waals surface area contributed by atoms with Crippen molar-refractivity contribution in [3.8, 4) is 6.07 Å². The molecule has 0 aliphatic heterocycles. The van der Waals surface area contributed by atoms with E-state index in [1.807, 2.05) is 17.9 Å². The Balaban J connectivity index is 2.84. The van der Waals surface area contributed by atoms with E-state index in [-0.39, 0.29) is 12.2 Å². The molecule has 0 aromatic heterocycles. The van der Waals surface area contributed by atoms with E-state index in [2.05, 4.69) is 0 Å². The number of halogens is 1. The van der Waals surface area contributed by atoms with Gasteiger partial charge in [0.15, 0.2) is 0 Å². The number of rotatable bonds is 5. The molecule has 4 heteroatoms. The fourth-order valence-corrected chi connectivity index (χ4v) is 1.52. The van der Waals surface area contributed by atoms with Crippen molar-refractivity contribution in [2.24, 2.45) is 0 Å². The van der Waals surface area contributed by atoms with Crippen molar-refractivity contribution in [3.05, 3.63) is 35.1 Å². The van der Waals surface area contributed by atoms with Crippen molar-refractivity contribution in [1.29, 1.82) is 5.26 Å². The lowest BCUT2D eigenvalue weighted by Gasteiger charge is -2.19. The van der Waals surface area contributed by atoms with Crippen molar-refractivity contribution in [1.82, 2.24) is 4.90 Å². The van der Waals surface area contributed by atoms with Crippen LogP contribution in [0.25, 0.3) is 0 Å². The molecule has 1 rings (SSSR count). The average Bonchev–Trinajstić information content (AvgIpc) is 2.31.